The predicted octanol–water partition coefficient (Wildman–Crippen LogP) is 4.81. The number of carbonyl (C=O) groups excluding carboxylic acids is 1. The van der Waals surface area contributed by atoms with Crippen molar-refractivity contribution in [2.75, 3.05) is 50.7 Å². The maximum atomic E-state index is 13.3. The lowest BCUT2D eigenvalue weighted by Gasteiger charge is -2.37. The molecule has 34 heavy (non-hydrogen) atoms. The van der Waals surface area contributed by atoms with Crippen molar-refractivity contribution in [1.82, 2.24) is 9.80 Å². The summed E-state index contributed by atoms with van der Waals surface area (Å²) < 4.78 is 13.3. The minimum absolute atomic E-state index is 0.129. The number of benzene rings is 3. The summed E-state index contributed by atoms with van der Waals surface area (Å²) >= 11 is 0. The van der Waals surface area contributed by atoms with Crippen molar-refractivity contribution in [1.29, 1.82) is 0 Å². The van der Waals surface area contributed by atoms with E-state index in [9.17, 15) is 9.18 Å². The number of piperazine rings is 1. The first kappa shape index (κ1) is 22.6. The van der Waals surface area contributed by atoms with Crippen molar-refractivity contribution in [3.8, 4) is 0 Å². The zero-order valence-corrected chi connectivity index (χ0v) is 19.7. The number of carbonyl (C=O) groups is 1. The van der Waals surface area contributed by atoms with Crippen LogP contribution in [0.2, 0.25) is 0 Å². The van der Waals surface area contributed by atoms with E-state index < -0.39 is 0 Å². The molecule has 2 heterocycles. The Bertz CT molecular complexity index is 1090. The number of likely N-dealkylation sites (tertiary alicyclic amines) is 1. The van der Waals surface area contributed by atoms with E-state index >= 15 is 0 Å². The molecule has 5 rings (SSSR count). The molecule has 2 fully saturated rings. The van der Waals surface area contributed by atoms with Crippen LogP contribution in [-0.2, 0) is 0 Å². The van der Waals surface area contributed by atoms with Gasteiger partial charge in [-0.2, -0.15) is 0 Å². The maximum Gasteiger partial charge on any atom is 0.253 e. The fraction of sp³-hybridized carbons (Fsp3) is 0.345. The van der Waals surface area contributed by atoms with Crippen LogP contribution >= 0.6 is 0 Å². The third kappa shape index (κ3) is 5.00. The van der Waals surface area contributed by atoms with Crippen molar-refractivity contribution in [3.05, 3.63) is 101 Å². The van der Waals surface area contributed by atoms with Gasteiger partial charge >= 0.3 is 0 Å². The molecule has 1 amide bonds. The Morgan fingerprint density at radius 3 is 2.21 bits per heavy atom. The van der Waals surface area contributed by atoms with E-state index in [0.29, 0.717) is 11.8 Å². The highest BCUT2D eigenvalue weighted by atomic mass is 19.1. The molecule has 0 aromatic heterocycles. The average molecular weight is 458 g/mol. The number of amides is 1. The molecular formula is C29H32FN3O. The molecule has 0 spiro atoms. The predicted molar refractivity (Wildman–Crippen MR) is 135 cm³/mol. The summed E-state index contributed by atoms with van der Waals surface area (Å²) in [7, 11) is 0. The van der Waals surface area contributed by atoms with E-state index in [1.165, 1.54) is 17.7 Å². The van der Waals surface area contributed by atoms with Crippen LogP contribution in [-0.4, -0.2) is 61.5 Å². The molecule has 2 aliphatic rings. The minimum Gasteiger partial charge on any atom is -0.369 e. The number of aryl methyl sites for hydroxylation is 1. The standard InChI is InChI=1S/C29H32FN3O/c1-22-7-9-24(10-8-22)29(34)33-20-25(28(21-33)23-5-3-2-4-6-23)19-31-15-17-32(18-16-31)27-13-11-26(30)12-14-27/h2-14,25,28H,15-21H2,1H3. The molecule has 176 valence electrons. The average Bonchev–Trinajstić information content (AvgIpc) is 3.29. The number of anilines is 1. The molecule has 2 saturated heterocycles. The van der Waals surface area contributed by atoms with Crippen molar-refractivity contribution in [3.63, 3.8) is 0 Å². The Hall–Kier alpha value is -3.18. The fourth-order valence-corrected chi connectivity index (χ4v) is 5.35. The smallest absolute Gasteiger partial charge is 0.253 e. The molecule has 3 aromatic rings. The zero-order chi connectivity index (χ0) is 23.5. The fourth-order valence-electron chi connectivity index (χ4n) is 5.35. The number of halogens is 1. The summed E-state index contributed by atoms with van der Waals surface area (Å²) in [5.74, 6) is 0.671. The first-order valence-electron chi connectivity index (χ1n) is 12.2. The van der Waals surface area contributed by atoms with Gasteiger partial charge in [0.15, 0.2) is 0 Å². The van der Waals surface area contributed by atoms with Gasteiger partial charge < -0.3 is 9.80 Å². The van der Waals surface area contributed by atoms with Gasteiger partial charge in [0.1, 0.15) is 5.82 Å². The summed E-state index contributed by atoms with van der Waals surface area (Å²) in [5.41, 5.74) is 4.33. The maximum absolute atomic E-state index is 13.3. The summed E-state index contributed by atoms with van der Waals surface area (Å²) in [5, 5.41) is 0. The van der Waals surface area contributed by atoms with E-state index in [-0.39, 0.29) is 11.7 Å². The Labute approximate surface area is 201 Å². The number of hydrogen-bond acceptors (Lipinski definition) is 3. The largest absolute Gasteiger partial charge is 0.369 e. The molecule has 3 aromatic carbocycles. The number of hydrogen-bond donors (Lipinski definition) is 0. The Morgan fingerprint density at radius 2 is 1.53 bits per heavy atom. The van der Waals surface area contributed by atoms with Gasteiger partial charge in [0.25, 0.3) is 5.91 Å². The lowest BCUT2D eigenvalue weighted by Crippen LogP contribution is -2.48. The molecule has 2 aliphatic heterocycles. The Kier molecular flexibility index (Phi) is 6.63. The van der Waals surface area contributed by atoms with Gasteiger partial charge in [-0.3, -0.25) is 9.69 Å². The molecule has 0 N–H and O–H groups in total. The molecular weight excluding hydrogens is 425 g/mol. The molecule has 4 nitrogen and oxygen atoms in total. The van der Waals surface area contributed by atoms with Gasteiger partial charge in [0.2, 0.25) is 0 Å². The van der Waals surface area contributed by atoms with Crippen LogP contribution in [0.3, 0.4) is 0 Å². The van der Waals surface area contributed by atoms with Crippen LogP contribution < -0.4 is 4.90 Å². The number of rotatable bonds is 5. The van der Waals surface area contributed by atoms with Gasteiger partial charge in [-0.1, -0.05) is 48.0 Å². The molecule has 5 heteroatoms. The zero-order valence-electron chi connectivity index (χ0n) is 19.7. The monoisotopic (exact) mass is 457 g/mol. The summed E-state index contributed by atoms with van der Waals surface area (Å²) in [6, 6.07) is 25.3. The van der Waals surface area contributed by atoms with Crippen LogP contribution in [0.25, 0.3) is 0 Å². The third-order valence-electron chi connectivity index (χ3n) is 7.31. The lowest BCUT2D eigenvalue weighted by molar-refractivity contribution is 0.0782. The second-order valence-corrected chi connectivity index (χ2v) is 9.62. The highest BCUT2D eigenvalue weighted by Crippen LogP contribution is 2.34. The summed E-state index contributed by atoms with van der Waals surface area (Å²) in [6.45, 7) is 8.38. The van der Waals surface area contributed by atoms with Gasteiger partial charge in [-0.25, -0.2) is 4.39 Å². The van der Waals surface area contributed by atoms with Crippen molar-refractivity contribution in [2.45, 2.75) is 12.8 Å². The van der Waals surface area contributed by atoms with Crippen LogP contribution in [0, 0.1) is 18.7 Å². The van der Waals surface area contributed by atoms with E-state index in [0.717, 1.165) is 62.6 Å². The van der Waals surface area contributed by atoms with Crippen LogP contribution in [0.4, 0.5) is 10.1 Å². The molecule has 2 unspecified atom stereocenters. The highest BCUT2D eigenvalue weighted by Gasteiger charge is 2.37. The van der Waals surface area contributed by atoms with Gasteiger partial charge in [0.05, 0.1) is 0 Å². The van der Waals surface area contributed by atoms with Crippen molar-refractivity contribution in [2.24, 2.45) is 5.92 Å². The third-order valence-corrected chi connectivity index (χ3v) is 7.31. The van der Waals surface area contributed by atoms with Crippen LogP contribution in [0.5, 0.6) is 0 Å². The Balaban J connectivity index is 1.26. The van der Waals surface area contributed by atoms with Gasteiger partial charge in [-0.05, 0) is 54.8 Å². The molecule has 0 bridgehead atoms. The Morgan fingerprint density at radius 1 is 0.853 bits per heavy atom. The molecule has 2 atom stereocenters. The first-order chi connectivity index (χ1) is 16.6. The van der Waals surface area contributed by atoms with Crippen molar-refractivity contribution < 1.29 is 9.18 Å². The van der Waals surface area contributed by atoms with E-state index in [2.05, 4.69) is 40.1 Å². The molecule has 0 radical (unpaired) electrons. The van der Waals surface area contributed by atoms with E-state index in [1.807, 2.05) is 48.2 Å². The molecule has 0 aliphatic carbocycles. The summed E-state index contributed by atoms with van der Waals surface area (Å²) in [6.07, 6.45) is 0. The lowest BCUT2D eigenvalue weighted by atomic mass is 9.88. The van der Waals surface area contributed by atoms with Gasteiger partial charge in [0, 0.05) is 63.0 Å². The van der Waals surface area contributed by atoms with Crippen molar-refractivity contribution >= 4 is 11.6 Å². The van der Waals surface area contributed by atoms with E-state index in [1.54, 1.807) is 0 Å². The number of nitrogens with zero attached hydrogens (tertiary/aromatic N) is 3. The first-order valence-corrected chi connectivity index (χ1v) is 12.2. The normalized spacial score (nSPS) is 21.1. The van der Waals surface area contributed by atoms with Crippen LogP contribution in [0.15, 0.2) is 78.9 Å². The van der Waals surface area contributed by atoms with Gasteiger partial charge in [-0.15, -0.1) is 0 Å². The SMILES string of the molecule is Cc1ccc(C(=O)N2CC(CN3CCN(c4ccc(F)cc4)CC3)C(c3ccccc3)C2)cc1. The minimum atomic E-state index is -0.194. The molecule has 0 saturated carbocycles. The highest BCUT2D eigenvalue weighted by molar-refractivity contribution is 5.94. The quantitative estimate of drug-likeness (QED) is 0.550. The van der Waals surface area contributed by atoms with Crippen LogP contribution in [0.1, 0.15) is 27.4 Å². The second kappa shape index (κ2) is 9.98. The van der Waals surface area contributed by atoms with E-state index in [4.69, 9.17) is 0 Å². The topological polar surface area (TPSA) is 26.8 Å². The second-order valence-electron chi connectivity index (χ2n) is 9.62. The summed E-state index contributed by atoms with van der Waals surface area (Å²) in [4.78, 5) is 20.2.